The van der Waals surface area contributed by atoms with Crippen LogP contribution < -0.4 is 0 Å². The second-order valence-corrected chi connectivity index (χ2v) is 8.34. The van der Waals surface area contributed by atoms with Crippen LogP contribution in [0, 0.1) is 17.1 Å². The fourth-order valence-electron chi connectivity index (χ4n) is 3.20. The Hall–Kier alpha value is -3.46. The van der Waals surface area contributed by atoms with E-state index in [1.54, 1.807) is 36.4 Å². The van der Waals surface area contributed by atoms with Gasteiger partial charge in [-0.3, -0.25) is 4.79 Å². The predicted octanol–water partition coefficient (Wildman–Crippen LogP) is 7.05. The van der Waals surface area contributed by atoms with Crippen LogP contribution in [-0.2, 0) is 0 Å². The summed E-state index contributed by atoms with van der Waals surface area (Å²) in [5, 5.41) is 10.9. The molecular weight excluding hydrogens is 443 g/mol. The maximum atomic E-state index is 13.4. The second-order valence-electron chi connectivity index (χ2n) is 6.94. The molecule has 0 aliphatic heterocycles. The lowest BCUT2D eigenvalue weighted by molar-refractivity contribution is 0.102. The van der Waals surface area contributed by atoms with Crippen LogP contribution in [0.3, 0.4) is 0 Å². The van der Waals surface area contributed by atoms with Crippen molar-refractivity contribution >= 4 is 29.1 Å². The zero-order chi connectivity index (χ0) is 22.5. The van der Waals surface area contributed by atoms with Gasteiger partial charge in [0.05, 0.1) is 17.0 Å². The molecule has 4 rings (SSSR count). The first kappa shape index (κ1) is 21.8. The first-order chi connectivity index (χ1) is 15.5. The predicted molar refractivity (Wildman–Crippen MR) is 126 cm³/mol. The molecule has 0 bridgehead atoms. The number of rotatable bonds is 6. The highest BCUT2D eigenvalue weighted by atomic mass is 35.5. The Balaban J connectivity index is 1.75. The van der Waals surface area contributed by atoms with Crippen LogP contribution in [-0.4, -0.2) is 16.5 Å². The van der Waals surface area contributed by atoms with Gasteiger partial charge in [-0.25, -0.2) is 9.37 Å². The summed E-state index contributed by atoms with van der Waals surface area (Å²) in [4.78, 5) is 17.3. The van der Waals surface area contributed by atoms with E-state index in [1.807, 2.05) is 36.4 Å². The number of Topliss-reactive ketones (excluding diaryl/α,β-unsaturated/α-hetero) is 1. The van der Waals surface area contributed by atoms with Crippen LogP contribution in [0.2, 0.25) is 5.02 Å². The molecule has 0 saturated heterocycles. The fourth-order valence-corrected chi connectivity index (χ4v) is 4.22. The van der Waals surface area contributed by atoms with E-state index in [9.17, 15) is 14.4 Å². The van der Waals surface area contributed by atoms with Crippen molar-refractivity contribution in [2.75, 3.05) is 5.75 Å². The highest BCUT2D eigenvalue weighted by Gasteiger charge is 2.17. The molecule has 1 heterocycles. The number of benzene rings is 3. The van der Waals surface area contributed by atoms with Gasteiger partial charge in [-0.1, -0.05) is 53.7 Å². The number of carbonyl (C=O) groups excluding carboxylic acids is 1. The minimum Gasteiger partial charge on any atom is -0.293 e. The number of carbonyl (C=O) groups is 1. The van der Waals surface area contributed by atoms with Gasteiger partial charge < -0.3 is 0 Å². The molecule has 32 heavy (non-hydrogen) atoms. The molecule has 0 radical (unpaired) electrons. The molecular formula is C26H16ClFN2OS. The van der Waals surface area contributed by atoms with Crippen molar-refractivity contribution in [3.05, 3.63) is 107 Å². The summed E-state index contributed by atoms with van der Waals surface area (Å²) in [6, 6.07) is 26.3. The van der Waals surface area contributed by atoms with E-state index in [0.29, 0.717) is 32.4 Å². The molecule has 156 valence electrons. The smallest absolute Gasteiger partial charge is 0.173 e. The van der Waals surface area contributed by atoms with Gasteiger partial charge in [0.1, 0.15) is 16.9 Å². The van der Waals surface area contributed by atoms with Crippen molar-refractivity contribution < 1.29 is 9.18 Å². The third-order valence-corrected chi connectivity index (χ3v) is 6.06. The molecule has 0 amide bonds. The van der Waals surface area contributed by atoms with E-state index in [4.69, 9.17) is 11.6 Å². The molecule has 4 aromatic rings. The zero-order valence-corrected chi connectivity index (χ0v) is 18.3. The van der Waals surface area contributed by atoms with E-state index in [2.05, 4.69) is 11.1 Å². The van der Waals surface area contributed by atoms with Crippen molar-refractivity contribution in [2.45, 2.75) is 5.03 Å². The lowest BCUT2D eigenvalue weighted by Gasteiger charge is -2.12. The Kier molecular flexibility index (Phi) is 6.65. The Morgan fingerprint density at radius 3 is 2.31 bits per heavy atom. The molecule has 1 aromatic heterocycles. The van der Waals surface area contributed by atoms with Gasteiger partial charge in [-0.15, -0.1) is 0 Å². The van der Waals surface area contributed by atoms with E-state index in [0.717, 1.165) is 11.1 Å². The Morgan fingerprint density at radius 2 is 1.66 bits per heavy atom. The standard InChI is InChI=1S/C26H16ClFN2OS/c27-20-10-6-19(7-11-20)25(31)16-32-26-23(15-29)22(17-4-2-1-3-5-17)14-24(30-26)18-8-12-21(28)13-9-18/h1-14H,16H2. The van der Waals surface area contributed by atoms with Crippen LogP contribution in [0.5, 0.6) is 0 Å². The van der Waals surface area contributed by atoms with Gasteiger partial charge in [0, 0.05) is 21.7 Å². The number of hydrogen-bond donors (Lipinski definition) is 0. The van der Waals surface area contributed by atoms with Crippen molar-refractivity contribution in [1.29, 1.82) is 5.26 Å². The molecule has 0 atom stereocenters. The van der Waals surface area contributed by atoms with Gasteiger partial charge >= 0.3 is 0 Å². The summed E-state index contributed by atoms with van der Waals surface area (Å²) >= 11 is 7.11. The highest BCUT2D eigenvalue weighted by molar-refractivity contribution is 8.00. The third kappa shape index (κ3) is 4.88. The second kappa shape index (κ2) is 9.78. The normalized spacial score (nSPS) is 10.5. The summed E-state index contributed by atoms with van der Waals surface area (Å²) in [5.41, 5.74) is 3.84. The fraction of sp³-hybridized carbons (Fsp3) is 0.0385. The van der Waals surface area contributed by atoms with Crippen molar-refractivity contribution in [2.24, 2.45) is 0 Å². The number of thioether (sulfide) groups is 1. The van der Waals surface area contributed by atoms with Crippen LogP contribution in [0.25, 0.3) is 22.4 Å². The van der Waals surface area contributed by atoms with Gasteiger partial charge in [-0.2, -0.15) is 5.26 Å². The van der Waals surface area contributed by atoms with E-state index in [1.165, 1.54) is 23.9 Å². The van der Waals surface area contributed by atoms with Crippen LogP contribution in [0.1, 0.15) is 15.9 Å². The van der Waals surface area contributed by atoms with Gasteiger partial charge in [0.25, 0.3) is 0 Å². The first-order valence-corrected chi connectivity index (χ1v) is 11.1. The van der Waals surface area contributed by atoms with Crippen LogP contribution in [0.4, 0.5) is 4.39 Å². The quantitative estimate of drug-likeness (QED) is 0.229. The largest absolute Gasteiger partial charge is 0.293 e. The highest BCUT2D eigenvalue weighted by Crippen LogP contribution is 2.34. The zero-order valence-electron chi connectivity index (χ0n) is 16.8. The first-order valence-electron chi connectivity index (χ1n) is 9.73. The van der Waals surface area contributed by atoms with Crippen LogP contribution >= 0.6 is 23.4 Å². The number of nitriles is 1. The number of hydrogen-bond acceptors (Lipinski definition) is 4. The van der Waals surface area contributed by atoms with E-state index in [-0.39, 0.29) is 17.4 Å². The van der Waals surface area contributed by atoms with Gasteiger partial charge in [-0.05, 0) is 60.2 Å². The summed E-state index contributed by atoms with van der Waals surface area (Å²) in [5.74, 6) is -0.315. The maximum absolute atomic E-state index is 13.4. The minimum atomic E-state index is -0.339. The van der Waals surface area contributed by atoms with E-state index >= 15 is 0 Å². The number of nitrogens with zero attached hydrogens (tertiary/aromatic N) is 2. The molecule has 3 aromatic carbocycles. The molecule has 0 spiro atoms. The average molecular weight is 459 g/mol. The summed E-state index contributed by atoms with van der Waals surface area (Å²) in [6.07, 6.45) is 0. The molecule has 3 nitrogen and oxygen atoms in total. The van der Waals surface area contributed by atoms with Crippen LogP contribution in [0.15, 0.2) is 90.0 Å². The lowest BCUT2D eigenvalue weighted by Crippen LogP contribution is -2.04. The molecule has 0 fully saturated rings. The topological polar surface area (TPSA) is 53.8 Å². The molecule has 0 saturated carbocycles. The number of pyridine rings is 1. The minimum absolute atomic E-state index is 0.0918. The third-order valence-electron chi connectivity index (χ3n) is 4.83. The molecule has 0 aliphatic carbocycles. The maximum Gasteiger partial charge on any atom is 0.173 e. The number of aromatic nitrogens is 1. The SMILES string of the molecule is N#Cc1c(-c2ccccc2)cc(-c2ccc(F)cc2)nc1SCC(=O)c1ccc(Cl)cc1. The summed E-state index contributed by atoms with van der Waals surface area (Å²) < 4.78 is 13.4. The van der Waals surface area contributed by atoms with Crippen molar-refractivity contribution in [3.8, 4) is 28.5 Å². The van der Waals surface area contributed by atoms with Crippen molar-refractivity contribution in [1.82, 2.24) is 4.98 Å². The number of halogens is 2. The lowest BCUT2D eigenvalue weighted by atomic mass is 9.99. The number of ketones is 1. The molecule has 0 unspecified atom stereocenters. The molecule has 6 heteroatoms. The Morgan fingerprint density at radius 1 is 0.969 bits per heavy atom. The van der Waals surface area contributed by atoms with Gasteiger partial charge in [0.2, 0.25) is 0 Å². The molecule has 0 N–H and O–H groups in total. The van der Waals surface area contributed by atoms with Gasteiger partial charge in [0.15, 0.2) is 5.78 Å². The monoisotopic (exact) mass is 458 g/mol. The Labute approximate surface area is 194 Å². The van der Waals surface area contributed by atoms with Crippen molar-refractivity contribution in [3.63, 3.8) is 0 Å². The van der Waals surface area contributed by atoms with E-state index < -0.39 is 0 Å². The average Bonchev–Trinajstić information content (AvgIpc) is 2.83. The Bertz CT molecular complexity index is 1300. The summed E-state index contributed by atoms with van der Waals surface area (Å²) in [6.45, 7) is 0. The molecule has 0 aliphatic rings. The summed E-state index contributed by atoms with van der Waals surface area (Å²) in [7, 11) is 0.